The van der Waals surface area contributed by atoms with Crippen molar-refractivity contribution >= 4 is 34.6 Å². The summed E-state index contributed by atoms with van der Waals surface area (Å²) in [7, 11) is 1.74. The van der Waals surface area contributed by atoms with E-state index < -0.39 is 0 Å². The predicted octanol–water partition coefficient (Wildman–Crippen LogP) is 5.49. The fraction of sp³-hybridized carbons (Fsp3) is 0.0909. The monoisotopic (exact) mass is 374 g/mol. The molecule has 1 saturated heterocycles. The van der Waals surface area contributed by atoms with Crippen molar-refractivity contribution in [2.24, 2.45) is 4.99 Å². The highest BCUT2D eigenvalue weighted by atomic mass is 32.2. The molecule has 0 spiro atoms. The Hall–Kier alpha value is -3.05. The summed E-state index contributed by atoms with van der Waals surface area (Å²) in [5.41, 5.74) is 3.01. The van der Waals surface area contributed by atoms with Crippen LogP contribution in [-0.4, -0.2) is 23.0 Å². The average Bonchev–Trinajstić information content (AvgIpc) is 3.26. The summed E-state index contributed by atoms with van der Waals surface area (Å²) in [6.45, 7) is 2.03. The standard InChI is InChI=1S/C22H18N2O2S/c1-15-8-10-17(11-9-15)23-22-24(2)21(25)20(27-22)14-18-12-13-19(26-18)16-6-4-3-5-7-16/h3-14H,1-2H3. The van der Waals surface area contributed by atoms with Crippen molar-refractivity contribution < 1.29 is 9.21 Å². The van der Waals surface area contributed by atoms with E-state index in [2.05, 4.69) is 4.99 Å². The van der Waals surface area contributed by atoms with E-state index in [-0.39, 0.29) is 5.91 Å². The van der Waals surface area contributed by atoms with Crippen LogP contribution in [0.3, 0.4) is 0 Å². The van der Waals surface area contributed by atoms with E-state index in [0.717, 1.165) is 17.0 Å². The molecule has 3 aromatic rings. The molecule has 1 aliphatic rings. The Labute approximate surface area is 162 Å². The van der Waals surface area contributed by atoms with E-state index in [1.54, 1.807) is 18.0 Å². The van der Waals surface area contributed by atoms with Crippen LogP contribution in [0.25, 0.3) is 17.4 Å². The number of carbonyl (C=O) groups is 1. The molecule has 2 heterocycles. The number of amidine groups is 1. The molecule has 0 bridgehead atoms. The van der Waals surface area contributed by atoms with Crippen LogP contribution in [0.2, 0.25) is 0 Å². The van der Waals surface area contributed by atoms with Crippen LogP contribution < -0.4 is 0 Å². The summed E-state index contributed by atoms with van der Waals surface area (Å²) < 4.78 is 5.88. The van der Waals surface area contributed by atoms with Crippen molar-refractivity contribution in [2.45, 2.75) is 6.92 Å². The molecule has 5 heteroatoms. The van der Waals surface area contributed by atoms with Crippen LogP contribution in [0.4, 0.5) is 5.69 Å². The normalized spacial score (nSPS) is 17.3. The number of furan rings is 1. The van der Waals surface area contributed by atoms with Crippen LogP contribution in [-0.2, 0) is 4.79 Å². The molecular formula is C22H18N2O2S. The number of thioether (sulfide) groups is 1. The number of aryl methyl sites for hydroxylation is 1. The van der Waals surface area contributed by atoms with Gasteiger partial charge in [0.1, 0.15) is 11.5 Å². The molecule has 0 atom stereocenters. The molecule has 1 aromatic heterocycles. The second kappa shape index (κ2) is 7.29. The largest absolute Gasteiger partial charge is 0.457 e. The maximum absolute atomic E-state index is 12.6. The summed E-state index contributed by atoms with van der Waals surface area (Å²) in [6.07, 6.45) is 1.77. The van der Waals surface area contributed by atoms with E-state index >= 15 is 0 Å². The molecular weight excluding hydrogens is 356 g/mol. The lowest BCUT2D eigenvalue weighted by atomic mass is 10.2. The van der Waals surface area contributed by atoms with E-state index in [4.69, 9.17) is 4.42 Å². The number of nitrogens with zero attached hydrogens (tertiary/aromatic N) is 2. The van der Waals surface area contributed by atoms with Gasteiger partial charge in [0.15, 0.2) is 5.17 Å². The van der Waals surface area contributed by atoms with Crippen LogP contribution in [0.1, 0.15) is 11.3 Å². The summed E-state index contributed by atoms with van der Waals surface area (Å²) in [6, 6.07) is 21.6. The number of hydrogen-bond acceptors (Lipinski definition) is 4. The Kier molecular flexibility index (Phi) is 4.69. The Morgan fingerprint density at radius 2 is 1.74 bits per heavy atom. The van der Waals surface area contributed by atoms with Crippen molar-refractivity contribution in [3.05, 3.63) is 83.0 Å². The van der Waals surface area contributed by atoms with Crippen LogP contribution >= 0.6 is 11.8 Å². The van der Waals surface area contributed by atoms with Gasteiger partial charge in [0.2, 0.25) is 0 Å². The topological polar surface area (TPSA) is 45.8 Å². The van der Waals surface area contributed by atoms with Gasteiger partial charge in [0.25, 0.3) is 5.91 Å². The Morgan fingerprint density at radius 3 is 2.48 bits per heavy atom. The van der Waals surface area contributed by atoms with Gasteiger partial charge in [0.05, 0.1) is 10.6 Å². The first kappa shape index (κ1) is 17.4. The van der Waals surface area contributed by atoms with Gasteiger partial charge >= 0.3 is 0 Å². The smallest absolute Gasteiger partial charge is 0.266 e. The quantitative estimate of drug-likeness (QED) is 0.570. The van der Waals surface area contributed by atoms with Crippen LogP contribution in [0.15, 0.2) is 81.0 Å². The zero-order valence-electron chi connectivity index (χ0n) is 15.0. The molecule has 0 radical (unpaired) electrons. The number of hydrogen-bond donors (Lipinski definition) is 0. The number of aliphatic imine (C=N–C) groups is 1. The predicted molar refractivity (Wildman–Crippen MR) is 111 cm³/mol. The molecule has 1 fully saturated rings. The molecule has 0 N–H and O–H groups in total. The Bertz CT molecular complexity index is 1030. The summed E-state index contributed by atoms with van der Waals surface area (Å²) in [5.74, 6) is 1.35. The Morgan fingerprint density at radius 1 is 1.00 bits per heavy atom. The van der Waals surface area contributed by atoms with Crippen molar-refractivity contribution in [3.8, 4) is 11.3 Å². The molecule has 4 rings (SSSR count). The van der Waals surface area contributed by atoms with Crippen LogP contribution in [0, 0.1) is 6.92 Å². The van der Waals surface area contributed by atoms with Crippen molar-refractivity contribution in [1.29, 1.82) is 0 Å². The minimum Gasteiger partial charge on any atom is -0.457 e. The van der Waals surface area contributed by atoms with Gasteiger partial charge in [-0.1, -0.05) is 48.0 Å². The van der Waals surface area contributed by atoms with Gasteiger partial charge in [-0.2, -0.15) is 0 Å². The van der Waals surface area contributed by atoms with Gasteiger partial charge in [-0.3, -0.25) is 9.69 Å². The minimum absolute atomic E-state index is 0.0801. The van der Waals surface area contributed by atoms with Crippen molar-refractivity contribution in [2.75, 3.05) is 7.05 Å². The number of carbonyl (C=O) groups excluding carboxylic acids is 1. The number of benzene rings is 2. The third-order valence-corrected chi connectivity index (χ3v) is 5.28. The molecule has 0 aliphatic carbocycles. The summed E-state index contributed by atoms with van der Waals surface area (Å²) >= 11 is 1.35. The first-order valence-electron chi connectivity index (χ1n) is 8.58. The third kappa shape index (κ3) is 3.73. The lowest BCUT2D eigenvalue weighted by Crippen LogP contribution is -2.23. The highest BCUT2D eigenvalue weighted by Gasteiger charge is 2.30. The van der Waals surface area contributed by atoms with Gasteiger partial charge in [0, 0.05) is 18.7 Å². The molecule has 0 saturated carbocycles. The second-order valence-corrected chi connectivity index (χ2v) is 7.28. The average molecular weight is 374 g/mol. The number of likely N-dealkylation sites (N-methyl/N-ethyl adjacent to an activating group) is 1. The lowest BCUT2D eigenvalue weighted by Gasteiger charge is -2.07. The van der Waals surface area contributed by atoms with E-state index in [1.807, 2.05) is 73.7 Å². The third-order valence-electron chi connectivity index (χ3n) is 4.22. The molecule has 0 unspecified atom stereocenters. The fourth-order valence-electron chi connectivity index (χ4n) is 2.70. The van der Waals surface area contributed by atoms with Gasteiger partial charge in [-0.15, -0.1) is 0 Å². The molecule has 134 valence electrons. The summed E-state index contributed by atoms with van der Waals surface area (Å²) in [5, 5.41) is 0.657. The fourth-order valence-corrected chi connectivity index (χ4v) is 3.67. The summed E-state index contributed by atoms with van der Waals surface area (Å²) in [4.78, 5) is 19.3. The van der Waals surface area contributed by atoms with Gasteiger partial charge < -0.3 is 4.42 Å². The van der Waals surface area contributed by atoms with Gasteiger partial charge in [-0.25, -0.2) is 4.99 Å². The van der Waals surface area contributed by atoms with E-state index in [9.17, 15) is 4.79 Å². The maximum atomic E-state index is 12.6. The first-order valence-corrected chi connectivity index (χ1v) is 9.40. The highest BCUT2D eigenvalue weighted by Crippen LogP contribution is 2.34. The number of amides is 1. The Balaban J connectivity index is 1.58. The van der Waals surface area contributed by atoms with E-state index in [0.29, 0.717) is 15.8 Å². The lowest BCUT2D eigenvalue weighted by molar-refractivity contribution is -0.121. The SMILES string of the molecule is Cc1ccc(N=C2SC(=Cc3ccc(-c4ccccc4)o3)C(=O)N2C)cc1. The zero-order chi connectivity index (χ0) is 18.8. The van der Waals surface area contributed by atoms with Crippen LogP contribution in [0.5, 0.6) is 0 Å². The molecule has 2 aromatic carbocycles. The zero-order valence-corrected chi connectivity index (χ0v) is 15.9. The highest BCUT2D eigenvalue weighted by molar-refractivity contribution is 8.18. The molecule has 1 aliphatic heterocycles. The van der Waals surface area contributed by atoms with E-state index in [1.165, 1.54) is 17.3 Å². The maximum Gasteiger partial charge on any atom is 0.266 e. The molecule has 1 amide bonds. The van der Waals surface area contributed by atoms with Crippen molar-refractivity contribution in [1.82, 2.24) is 4.90 Å². The minimum atomic E-state index is -0.0801. The van der Waals surface area contributed by atoms with Gasteiger partial charge in [-0.05, 0) is 43.0 Å². The molecule has 27 heavy (non-hydrogen) atoms. The number of rotatable bonds is 3. The second-order valence-electron chi connectivity index (χ2n) is 6.27. The molecule has 4 nitrogen and oxygen atoms in total. The first-order chi connectivity index (χ1) is 13.1. The van der Waals surface area contributed by atoms with Crippen molar-refractivity contribution in [3.63, 3.8) is 0 Å².